The van der Waals surface area contributed by atoms with E-state index < -0.39 is 5.82 Å². The van der Waals surface area contributed by atoms with Gasteiger partial charge < -0.3 is 14.5 Å². The van der Waals surface area contributed by atoms with Crippen molar-refractivity contribution in [2.24, 2.45) is 0 Å². The minimum atomic E-state index is -0.548. The van der Waals surface area contributed by atoms with Gasteiger partial charge in [-0.25, -0.2) is 4.39 Å². The molecule has 3 aromatic carbocycles. The van der Waals surface area contributed by atoms with Gasteiger partial charge in [-0.15, -0.1) is 0 Å². The molecular weight excluding hydrogens is 467 g/mol. The number of benzene rings is 3. The lowest BCUT2D eigenvalue weighted by Gasteiger charge is -2.33. The van der Waals surface area contributed by atoms with E-state index in [1.807, 2.05) is 30.3 Å². The fourth-order valence-electron chi connectivity index (χ4n) is 4.30. The summed E-state index contributed by atoms with van der Waals surface area (Å²) in [6.45, 7) is 1.07. The Morgan fingerprint density at radius 3 is 2.51 bits per heavy atom. The molecule has 3 aromatic rings. The summed E-state index contributed by atoms with van der Waals surface area (Å²) in [5, 5.41) is 0.443. The van der Waals surface area contributed by atoms with Crippen LogP contribution in [-0.4, -0.2) is 54.4 Å². The summed E-state index contributed by atoms with van der Waals surface area (Å²) in [4.78, 5) is 30.0. The summed E-state index contributed by atoms with van der Waals surface area (Å²) < 4.78 is 20.8. The zero-order valence-electron chi connectivity index (χ0n) is 19.6. The van der Waals surface area contributed by atoms with Gasteiger partial charge in [0.1, 0.15) is 18.2 Å². The maximum atomic E-state index is 14.6. The number of hydrogen-bond donors (Lipinski definition) is 0. The van der Waals surface area contributed by atoms with E-state index in [0.29, 0.717) is 48.7 Å². The zero-order chi connectivity index (χ0) is 24.8. The average Bonchev–Trinajstić information content (AvgIpc) is 2.86. The number of rotatable bonds is 3. The first kappa shape index (κ1) is 24.7. The van der Waals surface area contributed by atoms with Crippen molar-refractivity contribution in [2.45, 2.75) is 25.3 Å². The number of nitrogens with zero attached hydrogens (tertiary/aromatic N) is 2. The lowest BCUT2D eigenvalue weighted by Crippen LogP contribution is -2.46. The maximum absolute atomic E-state index is 14.6. The molecule has 0 unspecified atom stereocenters. The van der Waals surface area contributed by atoms with E-state index in [1.165, 1.54) is 12.1 Å². The van der Waals surface area contributed by atoms with Gasteiger partial charge in [0.05, 0.1) is 17.2 Å². The molecule has 0 radical (unpaired) electrons. The molecule has 0 fully saturated rings. The summed E-state index contributed by atoms with van der Waals surface area (Å²) in [5.41, 5.74) is 1.45. The molecule has 182 valence electrons. The van der Waals surface area contributed by atoms with Crippen LogP contribution in [0.4, 0.5) is 4.39 Å². The van der Waals surface area contributed by atoms with Crippen molar-refractivity contribution in [3.05, 3.63) is 100 Å². The smallest absolute Gasteiger partial charge is 0.257 e. The van der Waals surface area contributed by atoms with Crippen LogP contribution < -0.4 is 4.74 Å². The van der Waals surface area contributed by atoms with Crippen molar-refractivity contribution < 1.29 is 18.7 Å². The van der Waals surface area contributed by atoms with Crippen LogP contribution in [0.1, 0.15) is 39.1 Å². The molecule has 0 saturated heterocycles. The highest BCUT2D eigenvalue weighted by Gasteiger charge is 2.29. The Bertz CT molecular complexity index is 1190. The highest BCUT2D eigenvalue weighted by Crippen LogP contribution is 2.26. The molecule has 35 heavy (non-hydrogen) atoms. The predicted molar refractivity (Wildman–Crippen MR) is 135 cm³/mol. The SMILES string of the molecule is CN1CCCCN(C(=O)c2ccccc2F)[C@H](Cc2ccccc2)COc2ccc(Cl)cc2C1=O. The van der Waals surface area contributed by atoms with Crippen LogP contribution in [0.2, 0.25) is 5.02 Å². The van der Waals surface area contributed by atoms with Crippen LogP contribution in [-0.2, 0) is 6.42 Å². The molecular formula is C28H28ClFN2O3. The first-order valence-corrected chi connectivity index (χ1v) is 12.1. The maximum Gasteiger partial charge on any atom is 0.257 e. The van der Waals surface area contributed by atoms with E-state index in [4.69, 9.17) is 16.3 Å². The number of carbonyl (C=O) groups is 2. The van der Waals surface area contributed by atoms with Crippen LogP contribution in [0.15, 0.2) is 72.8 Å². The number of fused-ring (bicyclic) bond motifs is 1. The second-order valence-corrected chi connectivity index (χ2v) is 9.14. The Hall–Kier alpha value is -3.38. The van der Waals surface area contributed by atoms with Crippen molar-refractivity contribution in [2.75, 3.05) is 26.7 Å². The molecule has 0 aliphatic carbocycles. The summed E-state index contributed by atoms with van der Waals surface area (Å²) in [6, 6.07) is 20.4. The molecule has 1 atom stereocenters. The molecule has 1 heterocycles. The second-order valence-electron chi connectivity index (χ2n) is 8.71. The predicted octanol–water partition coefficient (Wildman–Crippen LogP) is 5.48. The third-order valence-corrected chi connectivity index (χ3v) is 6.45. The van der Waals surface area contributed by atoms with E-state index in [9.17, 15) is 14.0 Å². The Kier molecular flexibility index (Phi) is 8.03. The molecule has 0 N–H and O–H groups in total. The van der Waals surface area contributed by atoms with Crippen LogP contribution in [0.5, 0.6) is 5.75 Å². The normalized spacial score (nSPS) is 17.1. The number of halogens is 2. The average molecular weight is 495 g/mol. The van der Waals surface area contributed by atoms with E-state index >= 15 is 0 Å². The number of amides is 2. The third-order valence-electron chi connectivity index (χ3n) is 6.21. The second kappa shape index (κ2) is 11.4. The summed E-state index contributed by atoms with van der Waals surface area (Å²) in [7, 11) is 1.74. The Balaban J connectivity index is 1.72. The molecule has 7 heteroatoms. The minimum Gasteiger partial charge on any atom is -0.491 e. The topological polar surface area (TPSA) is 49.9 Å². The van der Waals surface area contributed by atoms with Gasteiger partial charge in [-0.1, -0.05) is 54.1 Å². The van der Waals surface area contributed by atoms with Crippen molar-refractivity contribution in [3.8, 4) is 5.75 Å². The number of carbonyl (C=O) groups excluding carboxylic acids is 2. The number of hydrogen-bond acceptors (Lipinski definition) is 3. The van der Waals surface area contributed by atoms with Gasteiger partial charge in [0.25, 0.3) is 11.8 Å². The quantitative estimate of drug-likeness (QED) is 0.484. The van der Waals surface area contributed by atoms with Gasteiger partial charge in [0.2, 0.25) is 0 Å². The van der Waals surface area contributed by atoms with Crippen molar-refractivity contribution in [1.82, 2.24) is 9.80 Å². The molecule has 1 aliphatic heterocycles. The molecule has 0 spiro atoms. The van der Waals surface area contributed by atoms with Gasteiger partial charge in [0, 0.05) is 25.2 Å². The van der Waals surface area contributed by atoms with Crippen LogP contribution in [0, 0.1) is 5.82 Å². The summed E-state index contributed by atoms with van der Waals surface area (Å²) in [5.74, 6) is -0.677. The van der Waals surface area contributed by atoms with Gasteiger partial charge in [-0.2, -0.15) is 0 Å². The Labute approximate surface area is 210 Å². The summed E-state index contributed by atoms with van der Waals surface area (Å²) in [6.07, 6.45) is 1.88. The fraction of sp³-hybridized carbons (Fsp3) is 0.286. The van der Waals surface area contributed by atoms with E-state index in [0.717, 1.165) is 5.56 Å². The third kappa shape index (κ3) is 6.01. The highest BCUT2D eigenvalue weighted by atomic mass is 35.5. The van der Waals surface area contributed by atoms with Gasteiger partial charge in [0.15, 0.2) is 0 Å². The summed E-state index contributed by atoms with van der Waals surface area (Å²) >= 11 is 6.18. The minimum absolute atomic E-state index is 0.0390. The largest absolute Gasteiger partial charge is 0.491 e. The van der Waals surface area contributed by atoms with Gasteiger partial charge in [-0.05, 0) is 55.2 Å². The Morgan fingerprint density at radius 2 is 1.74 bits per heavy atom. The van der Waals surface area contributed by atoms with Crippen LogP contribution >= 0.6 is 11.6 Å². The van der Waals surface area contributed by atoms with Gasteiger partial charge >= 0.3 is 0 Å². The zero-order valence-corrected chi connectivity index (χ0v) is 20.4. The van der Waals surface area contributed by atoms with E-state index in [-0.39, 0.29) is 30.0 Å². The van der Waals surface area contributed by atoms with Gasteiger partial charge in [-0.3, -0.25) is 9.59 Å². The van der Waals surface area contributed by atoms with Crippen LogP contribution in [0.25, 0.3) is 0 Å². The standard InChI is InChI=1S/C28H28ClFN2O3/c1-31-15-7-8-16-32(28(34)23-11-5-6-12-25(23)30)22(17-20-9-3-2-4-10-20)19-35-26-14-13-21(29)18-24(26)27(31)33/h2-6,9-14,18,22H,7-8,15-17,19H2,1H3/t22-/m1/s1. The molecule has 0 aromatic heterocycles. The molecule has 0 bridgehead atoms. The van der Waals surface area contributed by atoms with E-state index in [1.54, 1.807) is 47.2 Å². The molecule has 0 saturated carbocycles. The van der Waals surface area contributed by atoms with E-state index in [2.05, 4.69) is 0 Å². The van der Waals surface area contributed by atoms with Crippen molar-refractivity contribution >= 4 is 23.4 Å². The molecule has 4 rings (SSSR count). The van der Waals surface area contributed by atoms with Crippen molar-refractivity contribution in [3.63, 3.8) is 0 Å². The Morgan fingerprint density at radius 1 is 1.03 bits per heavy atom. The van der Waals surface area contributed by atoms with Crippen LogP contribution in [0.3, 0.4) is 0 Å². The number of ether oxygens (including phenoxy) is 1. The highest BCUT2D eigenvalue weighted by molar-refractivity contribution is 6.31. The first-order chi connectivity index (χ1) is 16.9. The molecule has 1 aliphatic rings. The lowest BCUT2D eigenvalue weighted by atomic mass is 10.0. The molecule has 5 nitrogen and oxygen atoms in total. The molecule has 2 amide bonds. The lowest BCUT2D eigenvalue weighted by molar-refractivity contribution is 0.0586. The van der Waals surface area contributed by atoms with Crippen molar-refractivity contribution in [1.29, 1.82) is 0 Å². The fourth-order valence-corrected chi connectivity index (χ4v) is 4.48. The monoisotopic (exact) mass is 494 g/mol. The first-order valence-electron chi connectivity index (χ1n) is 11.7.